The molecule has 0 bridgehead atoms. The third kappa shape index (κ3) is 4.62. The van der Waals surface area contributed by atoms with Crippen molar-refractivity contribution < 1.29 is 4.74 Å². The summed E-state index contributed by atoms with van der Waals surface area (Å²) in [5, 5.41) is 0.677. The molecule has 1 aromatic carbocycles. The highest BCUT2D eigenvalue weighted by Gasteiger charge is 2.13. The van der Waals surface area contributed by atoms with Crippen LogP contribution in [0.3, 0.4) is 0 Å². The lowest BCUT2D eigenvalue weighted by molar-refractivity contribution is 0.145. The molecule has 20 heavy (non-hydrogen) atoms. The van der Waals surface area contributed by atoms with Crippen LogP contribution in [0, 0.1) is 6.92 Å². The van der Waals surface area contributed by atoms with Crippen LogP contribution in [0.15, 0.2) is 16.6 Å². The van der Waals surface area contributed by atoms with E-state index in [1.807, 2.05) is 19.1 Å². The van der Waals surface area contributed by atoms with E-state index < -0.39 is 0 Å². The fourth-order valence-electron chi connectivity index (χ4n) is 2.36. The summed E-state index contributed by atoms with van der Waals surface area (Å²) < 4.78 is 6.75. The quantitative estimate of drug-likeness (QED) is 0.747. The van der Waals surface area contributed by atoms with Gasteiger partial charge in [0.1, 0.15) is 0 Å². The first-order valence-electron chi connectivity index (χ1n) is 7.05. The number of aryl methyl sites for hydroxylation is 1. The Kier molecular flexibility index (Phi) is 6.15. The first kappa shape index (κ1) is 16.1. The van der Waals surface area contributed by atoms with Gasteiger partial charge in [-0.3, -0.25) is 0 Å². The summed E-state index contributed by atoms with van der Waals surface area (Å²) in [7, 11) is 2.18. The topological polar surface area (TPSA) is 15.7 Å². The number of piperazine rings is 1. The van der Waals surface area contributed by atoms with E-state index in [9.17, 15) is 0 Å². The number of likely N-dealkylation sites (N-methyl/N-ethyl adjacent to an activating group) is 1. The SMILES string of the molecule is Cc1cc(Cl)c(OCCCN2CCN(C)CC2)c(Br)c1. The summed E-state index contributed by atoms with van der Waals surface area (Å²) in [6, 6.07) is 3.96. The monoisotopic (exact) mass is 360 g/mol. The van der Waals surface area contributed by atoms with E-state index >= 15 is 0 Å². The van der Waals surface area contributed by atoms with Crippen LogP contribution in [-0.4, -0.2) is 56.2 Å². The highest BCUT2D eigenvalue weighted by atomic mass is 79.9. The number of hydrogen-bond acceptors (Lipinski definition) is 3. The summed E-state index contributed by atoms with van der Waals surface area (Å²) in [4.78, 5) is 4.87. The molecule has 1 heterocycles. The third-order valence-corrected chi connectivity index (χ3v) is 4.47. The van der Waals surface area contributed by atoms with Crippen molar-refractivity contribution in [2.24, 2.45) is 0 Å². The van der Waals surface area contributed by atoms with Gasteiger partial charge in [0, 0.05) is 32.7 Å². The number of benzene rings is 1. The van der Waals surface area contributed by atoms with Gasteiger partial charge in [-0.2, -0.15) is 0 Å². The highest BCUT2D eigenvalue weighted by molar-refractivity contribution is 9.10. The molecule has 0 saturated carbocycles. The Bertz CT molecular complexity index is 424. The van der Waals surface area contributed by atoms with Gasteiger partial charge >= 0.3 is 0 Å². The molecule has 0 unspecified atom stereocenters. The minimum atomic E-state index is 0.677. The molecule has 0 aliphatic carbocycles. The van der Waals surface area contributed by atoms with Crippen LogP contribution in [0.25, 0.3) is 0 Å². The summed E-state index contributed by atoms with van der Waals surface area (Å²) in [6.45, 7) is 8.46. The molecule has 2 rings (SSSR count). The zero-order valence-corrected chi connectivity index (χ0v) is 14.5. The van der Waals surface area contributed by atoms with Gasteiger partial charge in [0.25, 0.3) is 0 Å². The second kappa shape index (κ2) is 7.64. The smallest absolute Gasteiger partial charge is 0.152 e. The number of halogens is 2. The summed E-state index contributed by atoms with van der Waals surface area (Å²) >= 11 is 9.72. The fraction of sp³-hybridized carbons (Fsp3) is 0.600. The molecule has 1 aromatic rings. The molecule has 0 radical (unpaired) electrons. The van der Waals surface area contributed by atoms with Crippen LogP contribution in [0.2, 0.25) is 5.02 Å². The summed E-state index contributed by atoms with van der Waals surface area (Å²) in [5.41, 5.74) is 1.13. The molecular formula is C15H22BrClN2O. The predicted octanol–water partition coefficient (Wildman–Crippen LogP) is 3.43. The lowest BCUT2D eigenvalue weighted by Gasteiger charge is -2.32. The molecule has 0 N–H and O–H groups in total. The zero-order valence-electron chi connectivity index (χ0n) is 12.2. The van der Waals surface area contributed by atoms with Gasteiger partial charge in [-0.1, -0.05) is 11.6 Å². The fourth-order valence-corrected chi connectivity index (χ4v) is 3.49. The Balaban J connectivity index is 1.74. The standard InChI is InChI=1S/C15H22BrClN2O/c1-12-10-13(16)15(14(17)11-12)20-9-3-4-19-7-5-18(2)6-8-19/h10-11H,3-9H2,1-2H3. The summed E-state index contributed by atoms with van der Waals surface area (Å²) in [5.74, 6) is 0.760. The lowest BCUT2D eigenvalue weighted by atomic mass is 10.2. The van der Waals surface area contributed by atoms with E-state index in [-0.39, 0.29) is 0 Å². The first-order chi connectivity index (χ1) is 9.56. The van der Waals surface area contributed by atoms with E-state index in [4.69, 9.17) is 16.3 Å². The second-order valence-electron chi connectivity index (χ2n) is 5.40. The number of ether oxygens (including phenoxy) is 1. The van der Waals surface area contributed by atoms with Gasteiger partial charge in [0.2, 0.25) is 0 Å². The number of rotatable bonds is 5. The van der Waals surface area contributed by atoms with Crippen LogP contribution in [0.5, 0.6) is 5.75 Å². The van der Waals surface area contributed by atoms with Crippen LogP contribution in [-0.2, 0) is 0 Å². The van der Waals surface area contributed by atoms with Gasteiger partial charge in [-0.05, 0) is 54.0 Å². The zero-order chi connectivity index (χ0) is 14.5. The molecular weight excluding hydrogens is 340 g/mol. The van der Waals surface area contributed by atoms with Gasteiger partial charge in [0.15, 0.2) is 5.75 Å². The Morgan fingerprint density at radius 3 is 2.60 bits per heavy atom. The van der Waals surface area contributed by atoms with Crippen LogP contribution < -0.4 is 4.74 Å². The van der Waals surface area contributed by atoms with E-state index in [1.54, 1.807) is 0 Å². The summed E-state index contributed by atoms with van der Waals surface area (Å²) in [6.07, 6.45) is 1.03. The number of hydrogen-bond donors (Lipinski definition) is 0. The van der Waals surface area contributed by atoms with Crippen molar-refractivity contribution in [3.63, 3.8) is 0 Å². The molecule has 1 saturated heterocycles. The van der Waals surface area contributed by atoms with Gasteiger partial charge < -0.3 is 14.5 Å². The first-order valence-corrected chi connectivity index (χ1v) is 8.22. The molecule has 3 nitrogen and oxygen atoms in total. The maximum Gasteiger partial charge on any atom is 0.152 e. The number of nitrogens with zero attached hydrogens (tertiary/aromatic N) is 2. The van der Waals surface area contributed by atoms with Crippen molar-refractivity contribution in [2.75, 3.05) is 46.4 Å². The molecule has 112 valence electrons. The van der Waals surface area contributed by atoms with Crippen molar-refractivity contribution in [1.82, 2.24) is 9.80 Å². The molecule has 1 fully saturated rings. The second-order valence-corrected chi connectivity index (χ2v) is 6.67. The third-order valence-electron chi connectivity index (χ3n) is 3.60. The Hall–Kier alpha value is -0.290. The van der Waals surface area contributed by atoms with Crippen LogP contribution in [0.1, 0.15) is 12.0 Å². The normalized spacial score (nSPS) is 17.4. The molecule has 1 aliphatic heterocycles. The molecule has 5 heteroatoms. The van der Waals surface area contributed by atoms with E-state index in [0.29, 0.717) is 11.6 Å². The minimum Gasteiger partial charge on any atom is -0.491 e. The van der Waals surface area contributed by atoms with Crippen LogP contribution in [0.4, 0.5) is 0 Å². The average molecular weight is 362 g/mol. The minimum absolute atomic E-state index is 0.677. The van der Waals surface area contributed by atoms with Crippen molar-refractivity contribution in [3.8, 4) is 5.75 Å². The maximum absolute atomic E-state index is 6.21. The van der Waals surface area contributed by atoms with Crippen molar-refractivity contribution >= 4 is 27.5 Å². The Morgan fingerprint density at radius 1 is 1.25 bits per heavy atom. The van der Waals surface area contributed by atoms with Crippen LogP contribution >= 0.6 is 27.5 Å². The Morgan fingerprint density at radius 2 is 1.95 bits per heavy atom. The predicted molar refractivity (Wildman–Crippen MR) is 87.9 cm³/mol. The molecule has 0 amide bonds. The van der Waals surface area contributed by atoms with Gasteiger partial charge in [-0.15, -0.1) is 0 Å². The average Bonchev–Trinajstić information content (AvgIpc) is 2.39. The lowest BCUT2D eigenvalue weighted by Crippen LogP contribution is -2.44. The van der Waals surface area contributed by atoms with E-state index in [1.165, 1.54) is 0 Å². The molecule has 0 aromatic heterocycles. The van der Waals surface area contributed by atoms with Crippen molar-refractivity contribution in [3.05, 3.63) is 27.2 Å². The van der Waals surface area contributed by atoms with E-state index in [0.717, 1.165) is 54.9 Å². The molecule has 1 aliphatic rings. The van der Waals surface area contributed by atoms with Crippen molar-refractivity contribution in [1.29, 1.82) is 0 Å². The molecule has 0 spiro atoms. The highest BCUT2D eigenvalue weighted by Crippen LogP contribution is 2.34. The Labute approximate surface area is 135 Å². The van der Waals surface area contributed by atoms with Gasteiger partial charge in [0.05, 0.1) is 16.1 Å². The van der Waals surface area contributed by atoms with Crippen molar-refractivity contribution in [2.45, 2.75) is 13.3 Å². The van der Waals surface area contributed by atoms with Gasteiger partial charge in [-0.25, -0.2) is 0 Å². The maximum atomic E-state index is 6.21. The largest absolute Gasteiger partial charge is 0.491 e. The molecule has 0 atom stereocenters. The van der Waals surface area contributed by atoms with E-state index in [2.05, 4.69) is 32.8 Å².